The Morgan fingerprint density at radius 3 is 2.56 bits per heavy atom. The summed E-state index contributed by atoms with van der Waals surface area (Å²) < 4.78 is 10.1. The molecule has 8 nitrogen and oxygen atoms in total. The molecule has 1 aliphatic heterocycles. The number of amides is 2. The third-order valence-corrected chi connectivity index (χ3v) is 4.69. The van der Waals surface area contributed by atoms with Crippen LogP contribution >= 0.6 is 11.8 Å². The number of benzene rings is 1. The number of esters is 1. The number of carbonyl (C=O) groups excluding carboxylic acids is 3. The van der Waals surface area contributed by atoms with Crippen molar-refractivity contribution in [1.29, 1.82) is 0 Å². The molecule has 0 spiro atoms. The molecule has 0 unspecified atom stereocenters. The van der Waals surface area contributed by atoms with Crippen LogP contribution in [-0.4, -0.2) is 45.9 Å². The highest BCUT2D eigenvalue weighted by Gasteiger charge is 2.36. The molecule has 1 aliphatic rings. The Hall–Kier alpha value is -2.88. The van der Waals surface area contributed by atoms with Crippen LogP contribution in [0.1, 0.15) is 17.6 Å². The molecule has 0 bridgehead atoms. The summed E-state index contributed by atoms with van der Waals surface area (Å²) >= 11 is 0.715. The fraction of sp³-hybridized carbons (Fsp3) is 0.167. The summed E-state index contributed by atoms with van der Waals surface area (Å²) in [5, 5.41) is 17.7. The number of thioether (sulfide) groups is 1. The first-order chi connectivity index (χ1) is 12.9. The van der Waals surface area contributed by atoms with Crippen LogP contribution in [0.25, 0.3) is 17.4 Å². The average Bonchev–Trinajstić information content (AvgIpc) is 3.22. The lowest BCUT2D eigenvalue weighted by Gasteiger charge is -2.09. The molecular weight excluding hydrogens is 374 g/mol. The maximum Gasteiger partial charge on any atom is 0.325 e. The molecule has 1 fully saturated rings. The quantitative estimate of drug-likeness (QED) is 0.454. The van der Waals surface area contributed by atoms with Crippen molar-refractivity contribution >= 4 is 35.0 Å². The molecule has 9 heteroatoms. The molecule has 2 aromatic rings. The summed E-state index contributed by atoms with van der Waals surface area (Å²) in [6.07, 6.45) is -0.121. The number of nitrogens with zero attached hydrogens (tertiary/aromatic N) is 1. The standard InChI is InChI=1S/C18H15NO7S/c1-25-15(20)9-19-16(21)14(27-18(19)24)8-12-6-7-13(26-12)10-2-4-11(5-3-10)17(22)23/h2-8,17,22-23H,9H2,1H3/b14-8-. The maximum absolute atomic E-state index is 12.3. The van der Waals surface area contributed by atoms with Gasteiger partial charge in [-0.15, -0.1) is 0 Å². The highest BCUT2D eigenvalue weighted by molar-refractivity contribution is 8.18. The average molecular weight is 389 g/mol. The number of methoxy groups -OCH3 is 1. The van der Waals surface area contributed by atoms with Gasteiger partial charge in [0.05, 0.1) is 12.0 Å². The largest absolute Gasteiger partial charge is 0.468 e. The molecule has 1 aromatic heterocycles. The Morgan fingerprint density at radius 1 is 1.22 bits per heavy atom. The Balaban J connectivity index is 1.78. The Labute approximate surface area is 158 Å². The van der Waals surface area contributed by atoms with Crippen molar-refractivity contribution in [1.82, 2.24) is 4.90 Å². The van der Waals surface area contributed by atoms with Crippen LogP contribution in [0.3, 0.4) is 0 Å². The number of furan rings is 1. The van der Waals surface area contributed by atoms with E-state index in [1.54, 1.807) is 36.4 Å². The number of hydrogen-bond acceptors (Lipinski definition) is 8. The molecule has 2 heterocycles. The number of ether oxygens (including phenoxy) is 1. The number of aliphatic hydroxyl groups is 2. The van der Waals surface area contributed by atoms with E-state index in [1.165, 1.54) is 13.2 Å². The zero-order chi connectivity index (χ0) is 19.6. The van der Waals surface area contributed by atoms with E-state index in [0.717, 1.165) is 4.90 Å². The Kier molecular flexibility index (Phi) is 5.45. The molecule has 27 heavy (non-hydrogen) atoms. The monoisotopic (exact) mass is 389 g/mol. The van der Waals surface area contributed by atoms with Crippen LogP contribution < -0.4 is 0 Å². The van der Waals surface area contributed by atoms with Crippen molar-refractivity contribution in [3.63, 3.8) is 0 Å². The number of rotatable bonds is 5. The maximum atomic E-state index is 12.3. The summed E-state index contributed by atoms with van der Waals surface area (Å²) in [6, 6.07) is 9.78. The van der Waals surface area contributed by atoms with Gasteiger partial charge in [-0.1, -0.05) is 24.3 Å². The minimum absolute atomic E-state index is 0.142. The number of carbonyl (C=O) groups is 3. The molecule has 0 atom stereocenters. The molecule has 0 saturated carbocycles. The second kappa shape index (κ2) is 7.78. The number of imide groups is 1. The lowest BCUT2D eigenvalue weighted by Crippen LogP contribution is -2.34. The van der Waals surface area contributed by atoms with Crippen molar-refractivity contribution in [3.05, 3.63) is 52.6 Å². The predicted molar refractivity (Wildman–Crippen MR) is 96.0 cm³/mol. The van der Waals surface area contributed by atoms with E-state index in [2.05, 4.69) is 4.74 Å². The summed E-state index contributed by atoms with van der Waals surface area (Å²) in [5.41, 5.74) is 1.06. The van der Waals surface area contributed by atoms with Gasteiger partial charge >= 0.3 is 5.97 Å². The van der Waals surface area contributed by atoms with Crippen molar-refractivity contribution in [2.45, 2.75) is 6.29 Å². The van der Waals surface area contributed by atoms with Crippen molar-refractivity contribution in [2.24, 2.45) is 0 Å². The smallest absolute Gasteiger partial charge is 0.325 e. The van der Waals surface area contributed by atoms with E-state index < -0.39 is 30.0 Å². The molecular formula is C18H15NO7S. The van der Waals surface area contributed by atoms with Crippen LogP contribution in [0.15, 0.2) is 45.7 Å². The second-order valence-corrected chi connectivity index (χ2v) is 6.53. The van der Waals surface area contributed by atoms with Gasteiger partial charge < -0.3 is 19.4 Å². The van der Waals surface area contributed by atoms with Crippen molar-refractivity contribution in [2.75, 3.05) is 13.7 Å². The minimum atomic E-state index is -1.55. The molecule has 2 N–H and O–H groups in total. The fourth-order valence-electron chi connectivity index (χ4n) is 2.36. The molecule has 0 radical (unpaired) electrons. The van der Waals surface area contributed by atoms with Crippen molar-refractivity contribution < 1.29 is 33.8 Å². The first-order valence-electron chi connectivity index (χ1n) is 7.77. The molecule has 1 saturated heterocycles. The van der Waals surface area contributed by atoms with Crippen LogP contribution in [0.2, 0.25) is 0 Å². The predicted octanol–water partition coefficient (Wildman–Crippen LogP) is 2.14. The third-order valence-electron chi connectivity index (χ3n) is 3.78. The van der Waals surface area contributed by atoms with Gasteiger partial charge in [-0.2, -0.15) is 0 Å². The molecule has 2 amide bonds. The summed E-state index contributed by atoms with van der Waals surface area (Å²) in [5.74, 6) is -0.404. The van der Waals surface area contributed by atoms with E-state index in [4.69, 9.17) is 14.6 Å². The third kappa shape index (κ3) is 4.11. The van der Waals surface area contributed by atoms with E-state index in [0.29, 0.717) is 34.4 Å². The minimum Gasteiger partial charge on any atom is -0.468 e. The zero-order valence-electron chi connectivity index (χ0n) is 14.1. The lowest BCUT2D eigenvalue weighted by atomic mass is 10.1. The van der Waals surface area contributed by atoms with Crippen LogP contribution in [-0.2, 0) is 14.3 Å². The summed E-state index contributed by atoms with van der Waals surface area (Å²) in [4.78, 5) is 36.4. The van der Waals surface area contributed by atoms with Gasteiger partial charge in [-0.25, -0.2) is 0 Å². The van der Waals surface area contributed by atoms with Gasteiger partial charge in [0.25, 0.3) is 11.1 Å². The molecule has 140 valence electrons. The van der Waals surface area contributed by atoms with E-state index in [9.17, 15) is 14.4 Å². The normalized spacial score (nSPS) is 15.9. The molecule has 3 rings (SSSR count). The van der Waals surface area contributed by atoms with Gasteiger partial charge in [-0.3, -0.25) is 19.3 Å². The van der Waals surface area contributed by atoms with Crippen LogP contribution in [0, 0.1) is 0 Å². The Morgan fingerprint density at radius 2 is 1.93 bits per heavy atom. The topological polar surface area (TPSA) is 117 Å². The highest BCUT2D eigenvalue weighted by Crippen LogP contribution is 2.33. The summed E-state index contributed by atoms with van der Waals surface area (Å²) in [7, 11) is 1.18. The van der Waals surface area contributed by atoms with Crippen LogP contribution in [0.4, 0.5) is 4.79 Å². The fourth-order valence-corrected chi connectivity index (χ4v) is 3.18. The SMILES string of the molecule is COC(=O)CN1C(=O)S/C(=C\c2ccc(-c3ccc(C(O)O)cc3)o2)C1=O. The second-order valence-electron chi connectivity index (χ2n) is 5.54. The van der Waals surface area contributed by atoms with E-state index in [1.807, 2.05) is 0 Å². The van der Waals surface area contributed by atoms with Crippen LogP contribution in [0.5, 0.6) is 0 Å². The van der Waals surface area contributed by atoms with E-state index >= 15 is 0 Å². The number of hydrogen-bond donors (Lipinski definition) is 2. The Bertz CT molecular complexity index is 914. The van der Waals surface area contributed by atoms with Gasteiger partial charge in [0, 0.05) is 17.2 Å². The van der Waals surface area contributed by atoms with Gasteiger partial charge in [0.15, 0.2) is 6.29 Å². The van der Waals surface area contributed by atoms with Gasteiger partial charge in [-0.05, 0) is 23.9 Å². The zero-order valence-corrected chi connectivity index (χ0v) is 14.9. The molecule has 1 aromatic carbocycles. The highest BCUT2D eigenvalue weighted by atomic mass is 32.2. The summed E-state index contributed by atoms with van der Waals surface area (Å²) in [6.45, 7) is -0.440. The first kappa shape index (κ1) is 18.9. The number of aliphatic hydroxyl groups excluding tert-OH is 1. The van der Waals surface area contributed by atoms with Gasteiger partial charge in [0.1, 0.15) is 18.1 Å². The van der Waals surface area contributed by atoms with E-state index in [-0.39, 0.29) is 4.91 Å². The van der Waals surface area contributed by atoms with Gasteiger partial charge in [0.2, 0.25) is 0 Å². The molecule has 0 aliphatic carbocycles. The first-order valence-corrected chi connectivity index (χ1v) is 8.59. The lowest BCUT2D eigenvalue weighted by molar-refractivity contribution is -0.143. The van der Waals surface area contributed by atoms with Crippen molar-refractivity contribution in [3.8, 4) is 11.3 Å².